The number of benzene rings is 1. The standard InChI is InChI=1S/C29H32N4O.C5H10O2/c1-5-7-10-21(6-2)18-32-20(3)28(25-11-8-9-12-27(25)32)29(34)33(23-13-14-23)24-15-16-26-22(17-24)19-31(4)30-26;1-5(2,3)7-4-6/h2,5,7-12,19,23-24H,13-18H2,1,3-4H3;4H,1-3H3/b7-5-,21-10+;. The number of nitrogens with zero attached hydrogens (tertiary/aromatic N) is 4. The molecular formula is C34H42N4O3. The van der Waals surface area contributed by atoms with E-state index in [9.17, 15) is 9.59 Å². The molecular weight excluding hydrogens is 512 g/mol. The number of aryl methyl sites for hydroxylation is 2. The van der Waals surface area contributed by atoms with E-state index < -0.39 is 0 Å². The monoisotopic (exact) mass is 554 g/mol. The summed E-state index contributed by atoms with van der Waals surface area (Å²) < 4.78 is 8.65. The molecule has 7 nitrogen and oxygen atoms in total. The highest BCUT2D eigenvalue weighted by atomic mass is 16.5. The minimum absolute atomic E-state index is 0.159. The van der Waals surface area contributed by atoms with Crippen molar-refractivity contribution < 1.29 is 14.3 Å². The predicted octanol–water partition coefficient (Wildman–Crippen LogP) is 5.94. The molecule has 0 bridgehead atoms. The zero-order chi connectivity index (χ0) is 29.7. The number of fused-ring (bicyclic) bond motifs is 2. The van der Waals surface area contributed by atoms with Gasteiger partial charge in [0.25, 0.3) is 12.4 Å². The number of amides is 1. The molecule has 2 aliphatic rings. The third-order valence-electron chi connectivity index (χ3n) is 7.58. The summed E-state index contributed by atoms with van der Waals surface area (Å²) in [5.74, 6) is 2.97. The largest absolute Gasteiger partial charge is 0.462 e. The number of aromatic nitrogens is 3. The minimum Gasteiger partial charge on any atom is -0.462 e. The van der Waals surface area contributed by atoms with Crippen LogP contribution in [-0.4, -0.2) is 49.3 Å². The van der Waals surface area contributed by atoms with Crippen LogP contribution >= 0.6 is 0 Å². The lowest BCUT2D eigenvalue weighted by Crippen LogP contribution is -2.45. The van der Waals surface area contributed by atoms with E-state index in [1.165, 1.54) is 11.3 Å². The number of para-hydroxylation sites is 1. The van der Waals surface area contributed by atoms with Gasteiger partial charge in [-0.3, -0.25) is 14.3 Å². The molecule has 7 heteroatoms. The molecule has 216 valence electrons. The number of rotatable bonds is 7. The van der Waals surface area contributed by atoms with Gasteiger partial charge in [0.2, 0.25) is 0 Å². The van der Waals surface area contributed by atoms with Crippen molar-refractivity contribution in [3.05, 3.63) is 76.8 Å². The van der Waals surface area contributed by atoms with Gasteiger partial charge >= 0.3 is 0 Å². The number of terminal acetylenes is 1. The molecule has 1 unspecified atom stereocenters. The Labute approximate surface area is 243 Å². The van der Waals surface area contributed by atoms with Crippen molar-refractivity contribution in [3.63, 3.8) is 0 Å². The lowest BCUT2D eigenvalue weighted by Gasteiger charge is -2.34. The number of carbonyl (C=O) groups excluding carboxylic acids is 2. The first-order chi connectivity index (χ1) is 19.6. The Kier molecular flexibility index (Phi) is 9.22. The Bertz CT molecular complexity index is 1500. The number of carbonyl (C=O) groups is 2. The molecule has 2 aliphatic carbocycles. The van der Waals surface area contributed by atoms with Crippen LogP contribution in [-0.2, 0) is 36.0 Å². The summed E-state index contributed by atoms with van der Waals surface area (Å²) in [5.41, 5.74) is 5.89. The molecule has 0 radical (unpaired) electrons. The zero-order valence-corrected chi connectivity index (χ0v) is 25.2. The topological polar surface area (TPSA) is 69.4 Å². The highest BCUT2D eigenvalue weighted by molar-refractivity contribution is 6.08. The average Bonchev–Trinajstić information content (AvgIpc) is 3.62. The van der Waals surface area contributed by atoms with Gasteiger partial charge in [-0.1, -0.05) is 36.3 Å². The molecule has 41 heavy (non-hydrogen) atoms. The second kappa shape index (κ2) is 12.6. The maximum absolute atomic E-state index is 14.2. The van der Waals surface area contributed by atoms with Crippen LogP contribution in [0.5, 0.6) is 0 Å². The SMILES string of the molecule is C#C/C(=C\C=C/C)Cn1c(C)c(C(=O)N(C2CC2)C2CCc3nn(C)cc3C2)c2ccccc21.CC(C)(C)OC=O. The van der Waals surface area contributed by atoms with E-state index >= 15 is 0 Å². The first kappa shape index (κ1) is 29.9. The van der Waals surface area contributed by atoms with Crippen LogP contribution in [0.2, 0.25) is 0 Å². The van der Waals surface area contributed by atoms with E-state index in [0.717, 1.165) is 59.8 Å². The molecule has 2 aromatic heterocycles. The van der Waals surface area contributed by atoms with Gasteiger partial charge in [-0.15, -0.1) is 6.42 Å². The fourth-order valence-electron chi connectivity index (χ4n) is 5.55. The molecule has 1 saturated carbocycles. The summed E-state index contributed by atoms with van der Waals surface area (Å²) in [4.78, 5) is 26.0. The Morgan fingerprint density at radius 2 is 1.95 bits per heavy atom. The molecule has 1 fully saturated rings. The van der Waals surface area contributed by atoms with E-state index in [4.69, 9.17) is 6.42 Å². The van der Waals surface area contributed by atoms with E-state index in [2.05, 4.69) is 50.5 Å². The molecule has 1 amide bonds. The van der Waals surface area contributed by atoms with Crippen molar-refractivity contribution in [3.8, 4) is 12.3 Å². The van der Waals surface area contributed by atoms with Crippen LogP contribution in [0.4, 0.5) is 0 Å². The molecule has 0 spiro atoms. The Morgan fingerprint density at radius 1 is 1.22 bits per heavy atom. The summed E-state index contributed by atoms with van der Waals surface area (Å²) in [7, 11) is 1.98. The lowest BCUT2D eigenvalue weighted by molar-refractivity contribution is -0.138. The van der Waals surface area contributed by atoms with Crippen LogP contribution < -0.4 is 0 Å². The molecule has 0 saturated heterocycles. The van der Waals surface area contributed by atoms with E-state index in [-0.39, 0.29) is 17.6 Å². The number of allylic oxidation sites excluding steroid dienone is 4. The van der Waals surface area contributed by atoms with Crippen molar-refractivity contribution in [1.29, 1.82) is 0 Å². The van der Waals surface area contributed by atoms with Gasteiger partial charge in [0, 0.05) is 47.5 Å². The molecule has 1 aromatic carbocycles. The average molecular weight is 555 g/mol. The predicted molar refractivity (Wildman–Crippen MR) is 164 cm³/mol. The summed E-state index contributed by atoms with van der Waals surface area (Å²) in [6, 6.07) is 8.77. The van der Waals surface area contributed by atoms with Gasteiger partial charge in [0.05, 0.1) is 17.8 Å². The minimum atomic E-state index is -0.318. The van der Waals surface area contributed by atoms with Gasteiger partial charge in [0.1, 0.15) is 5.60 Å². The van der Waals surface area contributed by atoms with Crippen LogP contribution in [0.3, 0.4) is 0 Å². The van der Waals surface area contributed by atoms with E-state index in [1.54, 1.807) is 0 Å². The Balaban J connectivity index is 0.000000493. The Hall–Kier alpha value is -4.05. The highest BCUT2D eigenvalue weighted by Gasteiger charge is 2.40. The van der Waals surface area contributed by atoms with Crippen LogP contribution in [0, 0.1) is 19.3 Å². The first-order valence-electron chi connectivity index (χ1n) is 14.4. The summed E-state index contributed by atoms with van der Waals surface area (Å²) in [6.45, 7) is 10.5. The zero-order valence-electron chi connectivity index (χ0n) is 25.2. The third kappa shape index (κ3) is 7.00. The van der Waals surface area contributed by atoms with E-state index in [0.29, 0.717) is 19.1 Å². The van der Waals surface area contributed by atoms with Crippen LogP contribution in [0.1, 0.15) is 74.3 Å². The van der Waals surface area contributed by atoms with Gasteiger partial charge in [-0.2, -0.15) is 5.10 Å². The summed E-state index contributed by atoms with van der Waals surface area (Å²) in [6.07, 6.45) is 18.8. The van der Waals surface area contributed by atoms with Crippen molar-refractivity contribution >= 4 is 23.3 Å². The first-order valence-corrected chi connectivity index (χ1v) is 14.4. The second-order valence-corrected chi connectivity index (χ2v) is 11.9. The fraction of sp³-hybridized carbons (Fsp3) is 0.441. The molecule has 1 atom stereocenters. The van der Waals surface area contributed by atoms with Crippen molar-refractivity contribution in [2.75, 3.05) is 0 Å². The number of ether oxygens (including phenoxy) is 1. The van der Waals surface area contributed by atoms with Crippen molar-refractivity contribution in [2.45, 2.75) is 91.0 Å². The van der Waals surface area contributed by atoms with Crippen molar-refractivity contribution in [2.24, 2.45) is 7.05 Å². The highest BCUT2D eigenvalue weighted by Crippen LogP contribution is 2.37. The molecule has 2 heterocycles. The third-order valence-corrected chi connectivity index (χ3v) is 7.58. The maximum atomic E-state index is 14.2. The van der Waals surface area contributed by atoms with Gasteiger partial charge in [-0.25, -0.2) is 0 Å². The van der Waals surface area contributed by atoms with E-state index in [1.807, 2.05) is 69.8 Å². The molecule has 0 N–H and O–H groups in total. The molecule has 0 aliphatic heterocycles. The molecule has 5 rings (SSSR count). The molecule has 3 aromatic rings. The fourth-order valence-corrected chi connectivity index (χ4v) is 5.55. The van der Waals surface area contributed by atoms with Gasteiger partial charge in [-0.05, 0) is 84.4 Å². The van der Waals surface area contributed by atoms with Crippen LogP contribution in [0.15, 0.2) is 54.3 Å². The normalized spacial score (nSPS) is 17.0. The second-order valence-electron chi connectivity index (χ2n) is 11.9. The summed E-state index contributed by atoms with van der Waals surface area (Å²) >= 11 is 0. The van der Waals surface area contributed by atoms with Gasteiger partial charge < -0.3 is 14.2 Å². The summed E-state index contributed by atoms with van der Waals surface area (Å²) in [5, 5.41) is 5.62. The Morgan fingerprint density at radius 3 is 2.56 bits per heavy atom. The quantitative estimate of drug-likeness (QED) is 0.206. The number of hydrogen-bond acceptors (Lipinski definition) is 4. The number of hydrogen-bond donors (Lipinski definition) is 0. The maximum Gasteiger partial charge on any atom is 0.293 e. The van der Waals surface area contributed by atoms with Crippen LogP contribution in [0.25, 0.3) is 10.9 Å². The van der Waals surface area contributed by atoms with Gasteiger partial charge in [0.15, 0.2) is 0 Å². The van der Waals surface area contributed by atoms with Crippen molar-refractivity contribution in [1.82, 2.24) is 19.2 Å². The smallest absolute Gasteiger partial charge is 0.293 e. The lowest BCUT2D eigenvalue weighted by atomic mass is 9.91.